The normalized spacial score (nSPS) is 10.7. The molecule has 1 amide bonds. The fraction of sp³-hybridized carbons (Fsp3) is 0.308. The lowest BCUT2D eigenvalue weighted by Crippen LogP contribution is -2.24. The van der Waals surface area contributed by atoms with Crippen molar-refractivity contribution >= 4 is 28.5 Å². The Kier molecular flexibility index (Phi) is 3.69. The largest absolute Gasteiger partial charge is 0.451 e. The minimum Gasteiger partial charge on any atom is -0.451 e. The van der Waals surface area contributed by atoms with Crippen LogP contribution in [0.1, 0.15) is 22.5 Å². The molecule has 1 aromatic carbocycles. The number of benzene rings is 1. The molecule has 0 spiro atoms. The molecule has 4 heteroatoms. The number of alkyl halides is 1. The standard InChI is InChI=1S/C13H14ClNO2/c1-9-3-4-11-10(7-9)8-12(17-11)13(16)15-6-2-5-14/h3-4,7-8H,2,5-6H2,1H3,(H,15,16). The van der Waals surface area contributed by atoms with Gasteiger partial charge in [-0.05, 0) is 31.5 Å². The fourth-order valence-electron chi connectivity index (χ4n) is 1.63. The van der Waals surface area contributed by atoms with Crippen LogP contribution in [0.3, 0.4) is 0 Å². The predicted octanol–water partition coefficient (Wildman–Crippen LogP) is 3.10. The average Bonchev–Trinajstić information content (AvgIpc) is 2.72. The number of halogens is 1. The van der Waals surface area contributed by atoms with Crippen molar-refractivity contribution in [3.05, 3.63) is 35.6 Å². The molecule has 17 heavy (non-hydrogen) atoms. The van der Waals surface area contributed by atoms with Gasteiger partial charge in [-0.3, -0.25) is 4.79 Å². The Morgan fingerprint density at radius 2 is 2.24 bits per heavy atom. The number of carbonyl (C=O) groups is 1. The number of fused-ring (bicyclic) bond motifs is 1. The molecule has 0 aliphatic rings. The number of hydrogen-bond donors (Lipinski definition) is 1. The second kappa shape index (κ2) is 5.23. The van der Waals surface area contributed by atoms with E-state index in [9.17, 15) is 4.79 Å². The number of hydrogen-bond acceptors (Lipinski definition) is 2. The summed E-state index contributed by atoms with van der Waals surface area (Å²) in [5.74, 6) is 0.698. The molecule has 2 aromatic rings. The lowest BCUT2D eigenvalue weighted by atomic mass is 10.2. The zero-order chi connectivity index (χ0) is 12.3. The van der Waals surface area contributed by atoms with Gasteiger partial charge >= 0.3 is 0 Å². The van der Waals surface area contributed by atoms with E-state index in [0.29, 0.717) is 18.2 Å². The van der Waals surface area contributed by atoms with Gasteiger partial charge in [0.15, 0.2) is 5.76 Å². The maximum absolute atomic E-state index is 11.7. The quantitative estimate of drug-likeness (QED) is 0.670. The summed E-state index contributed by atoms with van der Waals surface area (Å²) in [6.45, 7) is 2.57. The van der Waals surface area contributed by atoms with E-state index in [1.165, 1.54) is 0 Å². The van der Waals surface area contributed by atoms with Gasteiger partial charge in [-0.2, -0.15) is 0 Å². The maximum atomic E-state index is 11.7. The second-order valence-electron chi connectivity index (χ2n) is 3.95. The van der Waals surface area contributed by atoms with Crippen molar-refractivity contribution in [2.24, 2.45) is 0 Å². The highest BCUT2D eigenvalue weighted by atomic mass is 35.5. The Bertz CT molecular complexity index is 533. The first-order valence-electron chi connectivity index (χ1n) is 5.55. The number of nitrogens with one attached hydrogen (secondary N) is 1. The van der Waals surface area contributed by atoms with Crippen LogP contribution < -0.4 is 5.32 Å². The molecule has 0 saturated carbocycles. The summed E-state index contributed by atoms with van der Waals surface area (Å²) in [7, 11) is 0. The van der Waals surface area contributed by atoms with Gasteiger partial charge in [0.1, 0.15) is 5.58 Å². The van der Waals surface area contributed by atoms with Gasteiger partial charge in [0.05, 0.1) is 0 Å². The second-order valence-corrected chi connectivity index (χ2v) is 4.33. The van der Waals surface area contributed by atoms with Gasteiger partial charge in [0, 0.05) is 17.8 Å². The summed E-state index contributed by atoms with van der Waals surface area (Å²) in [5, 5.41) is 3.71. The van der Waals surface area contributed by atoms with Gasteiger partial charge in [0.2, 0.25) is 0 Å². The molecule has 1 N–H and O–H groups in total. The van der Waals surface area contributed by atoms with Gasteiger partial charge in [-0.1, -0.05) is 11.6 Å². The van der Waals surface area contributed by atoms with Crippen molar-refractivity contribution in [2.75, 3.05) is 12.4 Å². The molecule has 0 fully saturated rings. The van der Waals surface area contributed by atoms with Crippen LogP contribution >= 0.6 is 11.6 Å². The summed E-state index contributed by atoms with van der Waals surface area (Å²) >= 11 is 5.54. The van der Waals surface area contributed by atoms with Crippen molar-refractivity contribution in [1.82, 2.24) is 5.32 Å². The summed E-state index contributed by atoms with van der Waals surface area (Å²) in [6, 6.07) is 7.59. The predicted molar refractivity (Wildman–Crippen MR) is 68.6 cm³/mol. The molecule has 0 radical (unpaired) electrons. The third-order valence-corrected chi connectivity index (χ3v) is 2.76. The zero-order valence-electron chi connectivity index (χ0n) is 9.63. The number of amides is 1. The van der Waals surface area contributed by atoms with Gasteiger partial charge < -0.3 is 9.73 Å². The van der Waals surface area contributed by atoms with Crippen molar-refractivity contribution in [2.45, 2.75) is 13.3 Å². The van der Waals surface area contributed by atoms with Crippen LogP contribution in [0.4, 0.5) is 0 Å². The van der Waals surface area contributed by atoms with Gasteiger partial charge in [0.25, 0.3) is 5.91 Å². The summed E-state index contributed by atoms with van der Waals surface area (Å²) in [4.78, 5) is 11.7. The molecule has 0 saturated heterocycles. The van der Waals surface area contributed by atoms with E-state index < -0.39 is 0 Å². The van der Waals surface area contributed by atoms with Crippen LogP contribution in [0.25, 0.3) is 11.0 Å². The Morgan fingerprint density at radius 1 is 1.41 bits per heavy atom. The average molecular weight is 252 g/mol. The summed E-state index contributed by atoms with van der Waals surface area (Å²) in [5.41, 5.74) is 1.88. The highest BCUT2D eigenvalue weighted by Gasteiger charge is 2.11. The minimum absolute atomic E-state index is 0.191. The fourth-order valence-corrected chi connectivity index (χ4v) is 1.76. The summed E-state index contributed by atoms with van der Waals surface area (Å²) < 4.78 is 5.47. The van der Waals surface area contributed by atoms with Crippen molar-refractivity contribution in [3.63, 3.8) is 0 Å². The molecule has 0 bridgehead atoms. The minimum atomic E-state index is -0.191. The molecule has 90 valence electrons. The summed E-state index contributed by atoms with van der Waals surface area (Å²) in [6.07, 6.45) is 0.757. The first-order chi connectivity index (χ1) is 8.20. The van der Waals surface area contributed by atoms with Gasteiger partial charge in [-0.25, -0.2) is 0 Å². The van der Waals surface area contributed by atoms with Crippen LogP contribution in [0.15, 0.2) is 28.7 Å². The highest BCUT2D eigenvalue weighted by Crippen LogP contribution is 2.20. The molecular formula is C13H14ClNO2. The van der Waals surface area contributed by atoms with Crippen molar-refractivity contribution in [3.8, 4) is 0 Å². The van der Waals surface area contributed by atoms with Gasteiger partial charge in [-0.15, -0.1) is 11.6 Å². The van der Waals surface area contributed by atoms with E-state index in [0.717, 1.165) is 23.0 Å². The lowest BCUT2D eigenvalue weighted by Gasteiger charge is -1.99. The van der Waals surface area contributed by atoms with Crippen molar-refractivity contribution < 1.29 is 9.21 Å². The molecule has 0 aliphatic heterocycles. The van der Waals surface area contributed by atoms with E-state index in [-0.39, 0.29) is 5.91 Å². The van der Waals surface area contributed by atoms with E-state index >= 15 is 0 Å². The molecule has 3 nitrogen and oxygen atoms in total. The molecule has 0 aliphatic carbocycles. The topological polar surface area (TPSA) is 42.2 Å². The number of rotatable bonds is 4. The number of aryl methyl sites for hydroxylation is 1. The van der Waals surface area contributed by atoms with E-state index in [4.69, 9.17) is 16.0 Å². The van der Waals surface area contributed by atoms with Crippen LogP contribution in [0, 0.1) is 6.92 Å². The lowest BCUT2D eigenvalue weighted by molar-refractivity contribution is 0.0928. The smallest absolute Gasteiger partial charge is 0.287 e. The Hall–Kier alpha value is -1.48. The van der Waals surface area contributed by atoms with Crippen molar-refractivity contribution in [1.29, 1.82) is 0 Å². The third kappa shape index (κ3) is 2.80. The molecule has 0 atom stereocenters. The Labute approximate surface area is 105 Å². The van der Waals surface area contributed by atoms with E-state index in [1.807, 2.05) is 25.1 Å². The SMILES string of the molecule is Cc1ccc2oc(C(=O)NCCCCl)cc2c1. The highest BCUT2D eigenvalue weighted by molar-refractivity contribution is 6.17. The Morgan fingerprint density at radius 3 is 3.00 bits per heavy atom. The molecule has 2 rings (SSSR count). The van der Waals surface area contributed by atoms with Crippen LogP contribution in [-0.4, -0.2) is 18.3 Å². The molecular weight excluding hydrogens is 238 g/mol. The number of carbonyl (C=O) groups excluding carboxylic acids is 1. The van der Waals surface area contributed by atoms with E-state index in [2.05, 4.69) is 5.32 Å². The first kappa shape index (κ1) is 12.0. The zero-order valence-corrected chi connectivity index (χ0v) is 10.4. The first-order valence-corrected chi connectivity index (χ1v) is 6.08. The molecule has 1 aromatic heterocycles. The van der Waals surface area contributed by atoms with Crippen LogP contribution in [0.2, 0.25) is 0 Å². The van der Waals surface area contributed by atoms with E-state index in [1.54, 1.807) is 6.07 Å². The monoisotopic (exact) mass is 251 g/mol. The number of furan rings is 1. The maximum Gasteiger partial charge on any atom is 0.287 e. The van der Waals surface area contributed by atoms with Crippen LogP contribution in [-0.2, 0) is 0 Å². The Balaban J connectivity index is 2.15. The third-order valence-electron chi connectivity index (χ3n) is 2.49. The van der Waals surface area contributed by atoms with Crippen LogP contribution in [0.5, 0.6) is 0 Å². The molecule has 1 heterocycles. The molecule has 0 unspecified atom stereocenters.